The minimum absolute atomic E-state index is 0.0300. The van der Waals surface area contributed by atoms with Crippen molar-refractivity contribution in [2.75, 3.05) is 7.11 Å². The fraction of sp³-hybridized carbons (Fsp3) is 0.111. The average Bonchev–Trinajstić information content (AvgIpc) is 2.17. The molecule has 72 valence electrons. The zero-order valence-corrected chi connectivity index (χ0v) is 7.93. The van der Waals surface area contributed by atoms with Crippen LogP contribution in [0.1, 0.15) is 15.9 Å². The van der Waals surface area contributed by atoms with E-state index in [9.17, 15) is 9.18 Å². The summed E-state index contributed by atoms with van der Waals surface area (Å²) in [7, 11) is 1.13. The Bertz CT molecular complexity index is 426. The minimum atomic E-state index is -0.837. The maximum absolute atomic E-state index is 13.1. The van der Waals surface area contributed by atoms with Gasteiger partial charge in [0, 0.05) is 0 Å². The largest absolute Gasteiger partial charge is 0.465 e. The molecule has 1 aromatic rings. The molecule has 1 aromatic carbocycles. The van der Waals surface area contributed by atoms with Crippen LogP contribution in [0, 0.1) is 17.1 Å². The molecular formula is C9H5ClFNO2. The van der Waals surface area contributed by atoms with Crippen molar-refractivity contribution in [3.8, 4) is 6.07 Å². The van der Waals surface area contributed by atoms with Crippen molar-refractivity contribution in [1.82, 2.24) is 0 Å². The number of carbonyl (C=O) groups excluding carboxylic acids is 1. The molecule has 0 fully saturated rings. The van der Waals surface area contributed by atoms with Crippen LogP contribution in [0.15, 0.2) is 12.1 Å². The number of halogens is 2. The number of carbonyl (C=O) groups is 1. The van der Waals surface area contributed by atoms with Gasteiger partial charge in [0.25, 0.3) is 0 Å². The summed E-state index contributed by atoms with van der Waals surface area (Å²) < 4.78 is 17.4. The number of nitriles is 1. The van der Waals surface area contributed by atoms with E-state index in [4.69, 9.17) is 16.9 Å². The highest BCUT2D eigenvalue weighted by Gasteiger charge is 2.15. The summed E-state index contributed by atoms with van der Waals surface area (Å²) in [6.07, 6.45) is 0. The summed E-state index contributed by atoms with van der Waals surface area (Å²) in [6.45, 7) is 0. The SMILES string of the molecule is COC(=O)c1cc(C#N)c(Cl)cc1F. The molecule has 0 bridgehead atoms. The monoisotopic (exact) mass is 213 g/mol. The van der Waals surface area contributed by atoms with E-state index in [0.717, 1.165) is 19.2 Å². The highest BCUT2D eigenvalue weighted by molar-refractivity contribution is 6.31. The molecule has 1 rings (SSSR count). The molecule has 0 aliphatic rings. The van der Waals surface area contributed by atoms with Crippen molar-refractivity contribution in [3.63, 3.8) is 0 Å². The molecule has 0 N–H and O–H groups in total. The van der Waals surface area contributed by atoms with Crippen molar-refractivity contribution in [2.24, 2.45) is 0 Å². The third-order valence-electron chi connectivity index (χ3n) is 1.58. The molecule has 0 atom stereocenters. The van der Waals surface area contributed by atoms with Crippen molar-refractivity contribution >= 4 is 17.6 Å². The number of esters is 1. The Morgan fingerprint density at radius 3 is 2.79 bits per heavy atom. The predicted octanol–water partition coefficient (Wildman–Crippen LogP) is 2.14. The smallest absolute Gasteiger partial charge is 0.340 e. The third-order valence-corrected chi connectivity index (χ3v) is 1.90. The topological polar surface area (TPSA) is 50.1 Å². The van der Waals surface area contributed by atoms with Gasteiger partial charge in [0.15, 0.2) is 0 Å². The lowest BCUT2D eigenvalue weighted by Crippen LogP contribution is -2.05. The molecule has 14 heavy (non-hydrogen) atoms. The van der Waals surface area contributed by atoms with Crippen LogP contribution in [0.4, 0.5) is 4.39 Å². The van der Waals surface area contributed by atoms with Crippen LogP contribution in [-0.2, 0) is 4.74 Å². The van der Waals surface area contributed by atoms with Gasteiger partial charge >= 0.3 is 5.97 Å². The van der Waals surface area contributed by atoms with E-state index in [2.05, 4.69) is 4.74 Å². The highest BCUT2D eigenvalue weighted by Crippen LogP contribution is 2.20. The summed E-state index contributed by atoms with van der Waals surface area (Å²) >= 11 is 5.53. The molecule has 0 radical (unpaired) electrons. The molecule has 0 spiro atoms. The van der Waals surface area contributed by atoms with Crippen LogP contribution in [0.5, 0.6) is 0 Å². The zero-order valence-electron chi connectivity index (χ0n) is 7.17. The van der Waals surface area contributed by atoms with Gasteiger partial charge in [-0.2, -0.15) is 5.26 Å². The Morgan fingerprint density at radius 2 is 2.29 bits per heavy atom. The first-order valence-electron chi connectivity index (χ1n) is 3.57. The highest BCUT2D eigenvalue weighted by atomic mass is 35.5. The van der Waals surface area contributed by atoms with Gasteiger partial charge < -0.3 is 4.74 Å². The molecule has 0 saturated heterocycles. The lowest BCUT2D eigenvalue weighted by atomic mass is 10.1. The molecule has 0 heterocycles. The van der Waals surface area contributed by atoms with Crippen LogP contribution in [0.2, 0.25) is 5.02 Å². The van der Waals surface area contributed by atoms with Crippen molar-refractivity contribution < 1.29 is 13.9 Å². The maximum atomic E-state index is 13.1. The molecule has 0 aliphatic heterocycles. The molecule has 0 unspecified atom stereocenters. The second-order valence-electron chi connectivity index (χ2n) is 2.42. The Morgan fingerprint density at radius 1 is 1.64 bits per heavy atom. The Balaban J connectivity index is 3.33. The van der Waals surface area contributed by atoms with Gasteiger partial charge in [-0.3, -0.25) is 0 Å². The summed E-state index contributed by atoms with van der Waals surface area (Å²) in [5.41, 5.74) is -0.262. The van der Waals surface area contributed by atoms with E-state index in [1.54, 1.807) is 6.07 Å². The van der Waals surface area contributed by atoms with E-state index in [-0.39, 0.29) is 16.1 Å². The third kappa shape index (κ3) is 1.83. The number of hydrogen-bond donors (Lipinski definition) is 0. The average molecular weight is 214 g/mol. The number of benzene rings is 1. The number of ether oxygens (including phenoxy) is 1. The van der Waals surface area contributed by atoms with Crippen molar-refractivity contribution in [3.05, 3.63) is 34.1 Å². The van der Waals surface area contributed by atoms with Gasteiger partial charge in [0.1, 0.15) is 11.9 Å². The quantitative estimate of drug-likeness (QED) is 0.672. The van der Waals surface area contributed by atoms with Gasteiger partial charge in [-0.05, 0) is 12.1 Å². The van der Waals surface area contributed by atoms with Crippen LogP contribution in [-0.4, -0.2) is 13.1 Å². The summed E-state index contributed by atoms with van der Waals surface area (Å²) in [5, 5.41) is 8.55. The number of methoxy groups -OCH3 is 1. The Labute approximate surface area is 84.7 Å². The van der Waals surface area contributed by atoms with E-state index in [0.29, 0.717) is 0 Å². The lowest BCUT2D eigenvalue weighted by molar-refractivity contribution is 0.0595. The van der Waals surface area contributed by atoms with Crippen LogP contribution in [0.25, 0.3) is 0 Å². The number of hydrogen-bond acceptors (Lipinski definition) is 3. The standard InChI is InChI=1S/C9H5ClFNO2/c1-14-9(13)6-2-5(4-12)7(10)3-8(6)11/h2-3H,1H3. The Hall–Kier alpha value is -1.60. The van der Waals surface area contributed by atoms with E-state index >= 15 is 0 Å². The fourth-order valence-electron chi connectivity index (χ4n) is 0.901. The molecule has 0 saturated carbocycles. The minimum Gasteiger partial charge on any atom is -0.465 e. The predicted molar refractivity (Wildman–Crippen MR) is 47.5 cm³/mol. The molecule has 0 aliphatic carbocycles. The van der Waals surface area contributed by atoms with Crippen LogP contribution >= 0.6 is 11.6 Å². The molecule has 0 amide bonds. The van der Waals surface area contributed by atoms with Crippen LogP contribution in [0.3, 0.4) is 0 Å². The normalized spacial score (nSPS) is 9.29. The molecule has 3 nitrogen and oxygen atoms in total. The first-order valence-corrected chi connectivity index (χ1v) is 3.95. The molecule has 5 heteroatoms. The molecular weight excluding hydrogens is 209 g/mol. The lowest BCUT2D eigenvalue weighted by Gasteiger charge is -2.02. The van der Waals surface area contributed by atoms with Gasteiger partial charge in [-0.15, -0.1) is 0 Å². The van der Waals surface area contributed by atoms with Crippen molar-refractivity contribution in [1.29, 1.82) is 5.26 Å². The zero-order chi connectivity index (χ0) is 10.7. The van der Waals surface area contributed by atoms with Gasteiger partial charge in [-0.25, -0.2) is 9.18 Å². The van der Waals surface area contributed by atoms with Crippen LogP contribution < -0.4 is 0 Å². The summed E-state index contributed by atoms with van der Waals surface area (Å²) in [4.78, 5) is 11.0. The first kappa shape index (κ1) is 10.5. The summed E-state index contributed by atoms with van der Waals surface area (Å²) in [6, 6.07) is 3.70. The second kappa shape index (κ2) is 4.07. The number of nitrogens with zero attached hydrogens (tertiary/aromatic N) is 1. The maximum Gasteiger partial charge on any atom is 0.340 e. The Kier molecular flexibility index (Phi) is 3.05. The van der Waals surface area contributed by atoms with Gasteiger partial charge in [0.05, 0.1) is 23.3 Å². The van der Waals surface area contributed by atoms with E-state index in [1.807, 2.05) is 0 Å². The summed E-state index contributed by atoms with van der Waals surface area (Å²) in [5.74, 6) is -1.64. The van der Waals surface area contributed by atoms with Gasteiger partial charge in [0.2, 0.25) is 0 Å². The molecule has 0 aromatic heterocycles. The van der Waals surface area contributed by atoms with Crippen molar-refractivity contribution in [2.45, 2.75) is 0 Å². The fourth-order valence-corrected chi connectivity index (χ4v) is 1.09. The number of rotatable bonds is 1. The van der Waals surface area contributed by atoms with Gasteiger partial charge in [-0.1, -0.05) is 11.6 Å². The van der Waals surface area contributed by atoms with E-state index in [1.165, 1.54) is 0 Å². The van der Waals surface area contributed by atoms with E-state index < -0.39 is 11.8 Å². The second-order valence-corrected chi connectivity index (χ2v) is 2.82. The first-order chi connectivity index (χ1) is 6.60.